The highest BCUT2D eigenvalue weighted by Crippen LogP contribution is 2.21. The van der Waals surface area contributed by atoms with Gasteiger partial charge in [-0.2, -0.15) is 9.49 Å². The SMILES string of the molecule is O=[N+]([O-])c1ccc2c(cnn2Cc2ccc(F)nc2)c1. The summed E-state index contributed by atoms with van der Waals surface area (Å²) in [6.45, 7) is 0.425. The molecule has 6 nitrogen and oxygen atoms in total. The molecule has 0 aliphatic carbocycles. The van der Waals surface area contributed by atoms with Gasteiger partial charge in [0.1, 0.15) is 0 Å². The predicted octanol–water partition coefficient (Wildman–Crippen LogP) is 2.53. The molecule has 100 valence electrons. The minimum Gasteiger partial charge on any atom is -0.260 e. The smallest absolute Gasteiger partial charge is 0.260 e. The number of halogens is 1. The van der Waals surface area contributed by atoms with Crippen molar-refractivity contribution >= 4 is 16.6 Å². The van der Waals surface area contributed by atoms with Gasteiger partial charge in [0.15, 0.2) is 0 Å². The lowest BCUT2D eigenvalue weighted by Gasteiger charge is -2.03. The van der Waals surface area contributed by atoms with E-state index in [-0.39, 0.29) is 5.69 Å². The molecule has 0 fully saturated rings. The summed E-state index contributed by atoms with van der Waals surface area (Å²) in [6.07, 6.45) is 3.01. The molecule has 0 aliphatic rings. The zero-order valence-electron chi connectivity index (χ0n) is 10.2. The zero-order valence-corrected chi connectivity index (χ0v) is 10.2. The van der Waals surface area contributed by atoms with Crippen LogP contribution in [0.15, 0.2) is 42.7 Å². The normalized spacial score (nSPS) is 10.8. The van der Waals surface area contributed by atoms with E-state index in [1.54, 1.807) is 23.0 Å². The van der Waals surface area contributed by atoms with Gasteiger partial charge in [0.25, 0.3) is 5.69 Å². The van der Waals surface area contributed by atoms with Crippen LogP contribution in [0.25, 0.3) is 10.9 Å². The van der Waals surface area contributed by atoms with Gasteiger partial charge in [0.05, 0.1) is 23.2 Å². The molecular formula is C13H9FN4O2. The van der Waals surface area contributed by atoms with Gasteiger partial charge < -0.3 is 0 Å². The maximum atomic E-state index is 12.7. The number of nitro benzene ring substituents is 1. The van der Waals surface area contributed by atoms with Crippen molar-refractivity contribution in [2.45, 2.75) is 6.54 Å². The number of aromatic nitrogens is 3. The highest BCUT2D eigenvalue weighted by Gasteiger charge is 2.10. The van der Waals surface area contributed by atoms with Crippen molar-refractivity contribution in [2.24, 2.45) is 0 Å². The van der Waals surface area contributed by atoms with Crippen LogP contribution in [0.4, 0.5) is 10.1 Å². The minimum absolute atomic E-state index is 0.0282. The van der Waals surface area contributed by atoms with E-state index in [0.717, 1.165) is 11.1 Å². The third-order valence-electron chi connectivity index (χ3n) is 2.96. The Bertz CT molecular complexity index is 783. The molecule has 7 heteroatoms. The fourth-order valence-corrected chi connectivity index (χ4v) is 1.99. The van der Waals surface area contributed by atoms with Crippen molar-refractivity contribution in [1.29, 1.82) is 0 Å². The van der Waals surface area contributed by atoms with Gasteiger partial charge in [0.2, 0.25) is 5.95 Å². The topological polar surface area (TPSA) is 73.8 Å². The van der Waals surface area contributed by atoms with Gasteiger partial charge in [-0.1, -0.05) is 6.07 Å². The highest BCUT2D eigenvalue weighted by molar-refractivity contribution is 5.81. The second-order valence-corrected chi connectivity index (χ2v) is 4.29. The first-order valence-electron chi connectivity index (χ1n) is 5.84. The maximum absolute atomic E-state index is 12.7. The number of rotatable bonds is 3. The lowest BCUT2D eigenvalue weighted by atomic mass is 10.2. The van der Waals surface area contributed by atoms with Crippen LogP contribution in [0, 0.1) is 16.1 Å². The summed E-state index contributed by atoms with van der Waals surface area (Å²) in [7, 11) is 0. The number of non-ortho nitro benzene ring substituents is 1. The lowest BCUT2D eigenvalue weighted by Crippen LogP contribution is -2.02. The summed E-state index contributed by atoms with van der Waals surface area (Å²) in [5, 5.41) is 15.6. The molecule has 0 spiro atoms. The Morgan fingerprint density at radius 3 is 2.80 bits per heavy atom. The zero-order chi connectivity index (χ0) is 14.1. The van der Waals surface area contributed by atoms with Crippen LogP contribution < -0.4 is 0 Å². The van der Waals surface area contributed by atoms with Crippen molar-refractivity contribution in [3.63, 3.8) is 0 Å². The molecule has 3 aromatic rings. The summed E-state index contributed by atoms with van der Waals surface area (Å²) in [5.41, 5.74) is 1.61. The quantitative estimate of drug-likeness (QED) is 0.417. The largest absolute Gasteiger partial charge is 0.270 e. The Hall–Kier alpha value is -2.83. The summed E-state index contributed by atoms with van der Waals surface area (Å²) < 4.78 is 14.4. The molecule has 0 amide bonds. The number of hydrogen-bond acceptors (Lipinski definition) is 4. The van der Waals surface area contributed by atoms with Crippen molar-refractivity contribution < 1.29 is 9.31 Å². The van der Waals surface area contributed by atoms with Gasteiger partial charge in [-0.05, 0) is 17.7 Å². The van der Waals surface area contributed by atoms with Crippen molar-refractivity contribution in [3.8, 4) is 0 Å². The van der Waals surface area contributed by atoms with Crippen LogP contribution in [0.3, 0.4) is 0 Å². The Balaban J connectivity index is 1.96. The fraction of sp³-hybridized carbons (Fsp3) is 0.0769. The summed E-state index contributed by atoms with van der Waals surface area (Å²) in [6, 6.07) is 7.47. The average Bonchev–Trinajstić information content (AvgIpc) is 2.84. The molecule has 3 rings (SSSR count). The molecule has 2 heterocycles. The third kappa shape index (κ3) is 2.20. The van der Waals surface area contributed by atoms with E-state index in [1.165, 1.54) is 24.4 Å². The Morgan fingerprint density at radius 1 is 1.25 bits per heavy atom. The molecule has 0 atom stereocenters. The van der Waals surface area contributed by atoms with Gasteiger partial charge in [0, 0.05) is 23.7 Å². The van der Waals surface area contributed by atoms with E-state index in [0.29, 0.717) is 11.9 Å². The van der Waals surface area contributed by atoms with Crippen molar-refractivity contribution in [1.82, 2.24) is 14.8 Å². The molecule has 0 radical (unpaired) electrons. The average molecular weight is 272 g/mol. The van der Waals surface area contributed by atoms with E-state index in [4.69, 9.17) is 0 Å². The van der Waals surface area contributed by atoms with Crippen LogP contribution in [-0.4, -0.2) is 19.7 Å². The molecule has 0 unspecified atom stereocenters. The first-order valence-corrected chi connectivity index (χ1v) is 5.84. The van der Waals surface area contributed by atoms with Crippen LogP contribution >= 0.6 is 0 Å². The van der Waals surface area contributed by atoms with E-state index in [2.05, 4.69) is 10.1 Å². The molecule has 1 aromatic carbocycles. The predicted molar refractivity (Wildman–Crippen MR) is 69.7 cm³/mol. The lowest BCUT2D eigenvalue weighted by molar-refractivity contribution is -0.384. The number of nitrogens with zero attached hydrogens (tertiary/aromatic N) is 4. The number of benzene rings is 1. The summed E-state index contributed by atoms with van der Waals surface area (Å²) in [5.74, 6) is -0.533. The van der Waals surface area contributed by atoms with Crippen molar-refractivity contribution in [3.05, 3.63) is 64.4 Å². The van der Waals surface area contributed by atoms with E-state index < -0.39 is 10.9 Å². The minimum atomic E-state index is -0.533. The number of pyridine rings is 1. The maximum Gasteiger partial charge on any atom is 0.270 e. The number of hydrogen-bond donors (Lipinski definition) is 0. The van der Waals surface area contributed by atoms with E-state index in [1.807, 2.05) is 0 Å². The molecule has 0 N–H and O–H groups in total. The molecule has 2 aromatic heterocycles. The Kier molecular flexibility index (Phi) is 2.86. The number of fused-ring (bicyclic) bond motifs is 1. The summed E-state index contributed by atoms with van der Waals surface area (Å²) in [4.78, 5) is 13.8. The van der Waals surface area contributed by atoms with Crippen molar-refractivity contribution in [2.75, 3.05) is 0 Å². The molecule has 0 saturated carbocycles. The third-order valence-corrected chi connectivity index (χ3v) is 2.96. The van der Waals surface area contributed by atoms with E-state index in [9.17, 15) is 14.5 Å². The van der Waals surface area contributed by atoms with Gasteiger partial charge in [-0.25, -0.2) is 4.98 Å². The highest BCUT2D eigenvalue weighted by atomic mass is 19.1. The molecule has 20 heavy (non-hydrogen) atoms. The second-order valence-electron chi connectivity index (χ2n) is 4.29. The molecular weight excluding hydrogens is 263 g/mol. The monoisotopic (exact) mass is 272 g/mol. The molecule has 0 aliphatic heterocycles. The first kappa shape index (κ1) is 12.2. The summed E-state index contributed by atoms with van der Waals surface area (Å²) >= 11 is 0. The second kappa shape index (κ2) is 4.69. The van der Waals surface area contributed by atoms with Crippen LogP contribution in [0.5, 0.6) is 0 Å². The van der Waals surface area contributed by atoms with Crippen LogP contribution in [0.1, 0.15) is 5.56 Å². The molecule has 0 saturated heterocycles. The van der Waals surface area contributed by atoms with Gasteiger partial charge in [-0.15, -0.1) is 0 Å². The Labute approximate surface area is 112 Å². The first-order chi connectivity index (χ1) is 9.63. The molecule has 0 bridgehead atoms. The standard InChI is InChI=1S/C13H9FN4O2/c14-13-4-1-9(6-15-13)8-17-12-3-2-11(18(19)20)5-10(12)7-16-17/h1-7H,8H2. The van der Waals surface area contributed by atoms with Gasteiger partial charge in [-0.3, -0.25) is 14.8 Å². The van der Waals surface area contributed by atoms with Crippen LogP contribution in [-0.2, 0) is 6.54 Å². The number of nitro groups is 1. The fourth-order valence-electron chi connectivity index (χ4n) is 1.99. The van der Waals surface area contributed by atoms with Gasteiger partial charge >= 0.3 is 0 Å². The Morgan fingerprint density at radius 2 is 2.10 bits per heavy atom. The van der Waals surface area contributed by atoms with E-state index >= 15 is 0 Å². The van der Waals surface area contributed by atoms with Crippen LogP contribution in [0.2, 0.25) is 0 Å².